The summed E-state index contributed by atoms with van der Waals surface area (Å²) in [4.78, 5) is 0. The lowest BCUT2D eigenvalue weighted by atomic mass is 10.2. The lowest BCUT2D eigenvalue weighted by Gasteiger charge is -2.21. The van der Waals surface area contributed by atoms with Gasteiger partial charge in [0, 0.05) is 0 Å². The SMILES string of the molecule is SCCCCC(S)NC1(OC(S)CCCCS)OS1. The van der Waals surface area contributed by atoms with Crippen molar-refractivity contribution < 1.29 is 8.92 Å². The van der Waals surface area contributed by atoms with Crippen LogP contribution in [-0.4, -0.2) is 27.6 Å². The monoisotopic (exact) mass is 361 g/mol. The molecule has 1 fully saturated rings. The molecule has 0 aliphatic carbocycles. The van der Waals surface area contributed by atoms with Crippen molar-refractivity contribution >= 4 is 62.6 Å². The molecule has 1 aliphatic rings. The minimum atomic E-state index is -0.735. The van der Waals surface area contributed by atoms with Crippen molar-refractivity contribution in [3.05, 3.63) is 0 Å². The Bertz CT molecular complexity index is 223. The van der Waals surface area contributed by atoms with E-state index >= 15 is 0 Å². The van der Waals surface area contributed by atoms with Gasteiger partial charge in [-0.05, 0) is 43.6 Å². The highest BCUT2D eigenvalue weighted by Crippen LogP contribution is 2.48. The van der Waals surface area contributed by atoms with Gasteiger partial charge in [-0.15, -0.1) is 12.6 Å². The van der Waals surface area contributed by atoms with E-state index in [0.717, 1.165) is 50.0 Å². The van der Waals surface area contributed by atoms with Gasteiger partial charge < -0.3 is 4.74 Å². The van der Waals surface area contributed by atoms with E-state index in [1.165, 1.54) is 12.0 Å². The van der Waals surface area contributed by atoms with Crippen LogP contribution in [0.1, 0.15) is 38.5 Å². The van der Waals surface area contributed by atoms with E-state index in [-0.39, 0.29) is 10.8 Å². The summed E-state index contributed by atoms with van der Waals surface area (Å²) in [5.41, 5.74) is -0.125. The van der Waals surface area contributed by atoms with Gasteiger partial charge in [0.1, 0.15) is 5.44 Å². The maximum absolute atomic E-state index is 5.78. The lowest BCUT2D eigenvalue weighted by molar-refractivity contribution is -0.0811. The van der Waals surface area contributed by atoms with E-state index in [1.807, 2.05) is 0 Å². The van der Waals surface area contributed by atoms with Crippen molar-refractivity contribution in [2.75, 3.05) is 11.5 Å². The van der Waals surface area contributed by atoms with Crippen molar-refractivity contribution in [2.24, 2.45) is 0 Å². The molecule has 3 nitrogen and oxygen atoms in total. The summed E-state index contributed by atoms with van der Waals surface area (Å²) in [7, 11) is 0. The third-order valence-electron chi connectivity index (χ3n) is 2.61. The molecule has 0 aromatic rings. The molecule has 114 valence electrons. The maximum Gasteiger partial charge on any atom is 0.319 e. The first-order chi connectivity index (χ1) is 9.12. The van der Waals surface area contributed by atoms with Crippen LogP contribution < -0.4 is 5.32 Å². The van der Waals surface area contributed by atoms with E-state index in [0.29, 0.717) is 0 Å². The Morgan fingerprint density at radius 2 is 1.63 bits per heavy atom. The normalized spacial score (nSPS) is 25.3. The fraction of sp³-hybridized carbons (Fsp3) is 1.00. The number of nitrogens with one attached hydrogen (secondary N) is 1. The van der Waals surface area contributed by atoms with E-state index in [2.05, 4.69) is 55.8 Å². The summed E-state index contributed by atoms with van der Waals surface area (Å²) in [6.07, 6.45) is 6.20. The summed E-state index contributed by atoms with van der Waals surface area (Å²) in [5, 5.41) is 2.57. The standard InChI is InChI=1S/C11H23NO2S5/c15-7-3-1-5-9(17)12-11(14-19-11)13-10(18)6-2-4-8-16/h9-10,12,15-18H,1-8H2. The quantitative estimate of drug-likeness (QED) is 0.121. The van der Waals surface area contributed by atoms with Gasteiger partial charge in [-0.1, -0.05) is 6.42 Å². The Balaban J connectivity index is 2.17. The number of ether oxygens (including phenoxy) is 1. The van der Waals surface area contributed by atoms with Crippen LogP contribution in [0.2, 0.25) is 0 Å². The van der Waals surface area contributed by atoms with Crippen LogP contribution in [0, 0.1) is 0 Å². The number of hydrogen-bond acceptors (Lipinski definition) is 8. The zero-order valence-corrected chi connectivity index (χ0v) is 15.2. The van der Waals surface area contributed by atoms with Gasteiger partial charge in [0.25, 0.3) is 0 Å². The minimum absolute atomic E-state index is 0.0628. The Labute approximate surface area is 142 Å². The van der Waals surface area contributed by atoms with Crippen molar-refractivity contribution in [3.8, 4) is 0 Å². The largest absolute Gasteiger partial charge is 0.319 e. The highest BCUT2D eigenvalue weighted by molar-refractivity contribution is 8.01. The maximum atomic E-state index is 5.78. The molecule has 0 aromatic heterocycles. The number of hydrogen-bond donors (Lipinski definition) is 5. The topological polar surface area (TPSA) is 33.8 Å². The molecule has 1 N–H and O–H groups in total. The molecule has 3 unspecified atom stereocenters. The first-order valence-electron chi connectivity index (χ1n) is 6.52. The Morgan fingerprint density at radius 1 is 1.05 bits per heavy atom. The van der Waals surface area contributed by atoms with Crippen LogP contribution in [-0.2, 0) is 8.92 Å². The van der Waals surface area contributed by atoms with Crippen LogP contribution in [0.4, 0.5) is 0 Å². The van der Waals surface area contributed by atoms with E-state index in [4.69, 9.17) is 8.92 Å². The average molecular weight is 362 g/mol. The first kappa shape index (κ1) is 18.7. The zero-order valence-electron chi connectivity index (χ0n) is 10.8. The molecule has 0 radical (unpaired) electrons. The van der Waals surface area contributed by atoms with Gasteiger partial charge in [0.2, 0.25) is 0 Å². The fourth-order valence-corrected chi connectivity index (χ4v) is 3.35. The highest BCUT2D eigenvalue weighted by atomic mass is 32.2. The molecule has 0 spiro atoms. The molecule has 19 heavy (non-hydrogen) atoms. The predicted octanol–water partition coefficient (Wildman–Crippen LogP) is 3.59. The molecule has 1 rings (SSSR count). The molecule has 1 aliphatic heterocycles. The molecule has 0 aromatic carbocycles. The lowest BCUT2D eigenvalue weighted by Crippen LogP contribution is -2.40. The highest BCUT2D eigenvalue weighted by Gasteiger charge is 2.52. The second-order valence-corrected chi connectivity index (χ2v) is 7.36. The summed E-state index contributed by atoms with van der Waals surface area (Å²) in [5.74, 6) is 1.82. The molecule has 1 saturated heterocycles. The van der Waals surface area contributed by atoms with Crippen LogP contribution in [0.5, 0.6) is 0 Å². The molecular formula is C11H23NO2S5. The Morgan fingerprint density at radius 3 is 2.16 bits per heavy atom. The molecule has 8 heteroatoms. The van der Waals surface area contributed by atoms with Crippen LogP contribution in [0.3, 0.4) is 0 Å². The number of thiol groups is 4. The molecule has 3 atom stereocenters. The van der Waals surface area contributed by atoms with Crippen molar-refractivity contribution in [3.63, 3.8) is 0 Å². The molecule has 1 heterocycles. The van der Waals surface area contributed by atoms with Crippen LogP contribution in [0.25, 0.3) is 0 Å². The minimum Gasteiger partial charge on any atom is -0.312 e. The summed E-state index contributed by atoms with van der Waals surface area (Å²) < 4.78 is 11.1. The third kappa shape index (κ3) is 8.60. The molecule has 0 bridgehead atoms. The number of unbranched alkanes of at least 4 members (excludes halogenated alkanes) is 2. The van der Waals surface area contributed by atoms with Crippen LogP contribution >= 0.6 is 62.6 Å². The third-order valence-corrected chi connectivity index (χ3v) is 4.68. The average Bonchev–Trinajstić information content (AvgIpc) is 3.09. The smallest absolute Gasteiger partial charge is 0.312 e. The van der Waals surface area contributed by atoms with Crippen molar-refractivity contribution in [2.45, 2.75) is 54.6 Å². The fourth-order valence-electron chi connectivity index (χ4n) is 1.55. The Hall–Kier alpha value is 1.63. The van der Waals surface area contributed by atoms with Crippen LogP contribution in [0.15, 0.2) is 0 Å². The molecule has 0 amide bonds. The predicted molar refractivity (Wildman–Crippen MR) is 96.6 cm³/mol. The van der Waals surface area contributed by atoms with Crippen molar-refractivity contribution in [1.82, 2.24) is 5.32 Å². The number of rotatable bonds is 12. The first-order valence-corrected chi connectivity index (χ1v) is 9.56. The van der Waals surface area contributed by atoms with Gasteiger partial charge in [-0.25, -0.2) is 9.50 Å². The van der Waals surface area contributed by atoms with Gasteiger partial charge in [-0.2, -0.15) is 37.9 Å². The second-order valence-electron chi connectivity index (χ2n) is 4.39. The van der Waals surface area contributed by atoms with E-state index in [9.17, 15) is 0 Å². The van der Waals surface area contributed by atoms with E-state index < -0.39 is 5.24 Å². The van der Waals surface area contributed by atoms with Gasteiger partial charge in [-0.3, -0.25) is 0 Å². The van der Waals surface area contributed by atoms with Crippen molar-refractivity contribution in [1.29, 1.82) is 0 Å². The summed E-state index contributed by atoms with van der Waals surface area (Å²) >= 11 is 18.6. The molecular weight excluding hydrogens is 338 g/mol. The second kappa shape index (κ2) is 10.4. The zero-order chi connectivity index (χ0) is 14.1. The Kier molecular flexibility index (Phi) is 10.2. The van der Waals surface area contributed by atoms with E-state index in [1.54, 1.807) is 0 Å². The van der Waals surface area contributed by atoms with Gasteiger partial charge >= 0.3 is 5.24 Å². The summed E-state index contributed by atoms with van der Waals surface area (Å²) in [6, 6.07) is 0. The van der Waals surface area contributed by atoms with Gasteiger partial charge in [0.15, 0.2) is 0 Å². The summed E-state index contributed by atoms with van der Waals surface area (Å²) in [6.45, 7) is 0. The molecule has 0 saturated carbocycles. The van der Waals surface area contributed by atoms with Gasteiger partial charge in [0.05, 0.1) is 17.4 Å².